The molecule has 0 atom stereocenters. The Labute approximate surface area is 163 Å². The molecule has 2 aromatic rings. The van der Waals surface area contributed by atoms with Gasteiger partial charge < -0.3 is 18.0 Å². The maximum absolute atomic E-state index is 12.9. The van der Waals surface area contributed by atoms with Gasteiger partial charge in [-0.25, -0.2) is 0 Å². The molecule has 1 aromatic heterocycles. The van der Waals surface area contributed by atoms with Crippen LogP contribution in [0.5, 0.6) is 5.75 Å². The molecule has 1 amide bonds. The molecule has 26 heavy (non-hydrogen) atoms. The van der Waals surface area contributed by atoms with Crippen molar-refractivity contribution in [2.45, 2.75) is 12.8 Å². The third kappa shape index (κ3) is 3.76. The molecule has 0 saturated heterocycles. The van der Waals surface area contributed by atoms with E-state index in [1.54, 1.807) is 47.3 Å². The predicted octanol–water partition coefficient (Wildman–Crippen LogP) is 1.47. The molecule has 0 unspecified atom stereocenters. The average Bonchev–Trinajstić information content (AvgIpc) is 3.48. The highest BCUT2D eigenvalue weighted by molar-refractivity contribution is 14.1. The van der Waals surface area contributed by atoms with Crippen LogP contribution in [0.15, 0.2) is 29.1 Å². The van der Waals surface area contributed by atoms with Gasteiger partial charge in [-0.1, -0.05) is 12.1 Å². The molecule has 3 rings (SSSR count). The normalized spacial score (nSPS) is 13.3. The van der Waals surface area contributed by atoms with E-state index in [1.807, 2.05) is 0 Å². The maximum Gasteiger partial charge on any atom is 0.325 e. The van der Waals surface area contributed by atoms with Gasteiger partial charge in [0.1, 0.15) is 13.2 Å². The van der Waals surface area contributed by atoms with Gasteiger partial charge in [0.15, 0.2) is 34.3 Å². The zero-order valence-corrected chi connectivity index (χ0v) is 16.1. The first kappa shape index (κ1) is 18.5. The molecule has 138 valence electrons. The van der Waals surface area contributed by atoms with Gasteiger partial charge in [0.2, 0.25) is 0 Å². The second kappa shape index (κ2) is 7.94. The number of carbonyl (C=O) groups excluding carboxylic acids is 2. The molecular weight excluding hydrogens is 455 g/mol. The van der Waals surface area contributed by atoms with Crippen molar-refractivity contribution in [2.75, 3.05) is 20.3 Å². The second-order valence-corrected chi connectivity index (χ2v) is 6.34. The number of benzene rings is 1. The van der Waals surface area contributed by atoms with Gasteiger partial charge in [0, 0.05) is 5.39 Å². The molecular formula is C17H17IN2O6. The van der Waals surface area contributed by atoms with E-state index < -0.39 is 17.4 Å². The lowest BCUT2D eigenvalue weighted by Crippen LogP contribution is -2.38. The minimum Gasteiger partial charge on any atom is -0.468 e. The highest BCUT2D eigenvalue weighted by atomic mass is 127. The first-order chi connectivity index (χ1) is 12.6. The molecule has 1 heterocycles. The summed E-state index contributed by atoms with van der Waals surface area (Å²) in [5.41, 5.74) is -0.356. The van der Waals surface area contributed by atoms with E-state index in [2.05, 4.69) is 10.1 Å². The Morgan fingerprint density at radius 1 is 1.31 bits per heavy atom. The number of hydrogen-bond acceptors (Lipinski definition) is 6. The van der Waals surface area contributed by atoms with Crippen LogP contribution < -0.4 is 18.8 Å². The Morgan fingerprint density at radius 2 is 2.04 bits per heavy atom. The van der Waals surface area contributed by atoms with E-state index in [4.69, 9.17) is 7.90 Å². The lowest BCUT2D eigenvalue weighted by molar-refractivity contribution is -0.139. The van der Waals surface area contributed by atoms with Crippen molar-refractivity contribution < 1.29 is 22.2 Å². The fourth-order valence-electron chi connectivity index (χ4n) is 2.47. The summed E-state index contributed by atoms with van der Waals surface area (Å²) in [5, 5.41) is 2.92. The predicted molar refractivity (Wildman–Crippen MR) is 101 cm³/mol. The van der Waals surface area contributed by atoms with E-state index in [-0.39, 0.29) is 17.9 Å². The topological polar surface area (TPSA) is 95.9 Å². The van der Waals surface area contributed by atoms with E-state index >= 15 is 0 Å². The molecule has 8 nitrogen and oxygen atoms in total. The van der Waals surface area contributed by atoms with Crippen LogP contribution >= 0.6 is 23.0 Å². The summed E-state index contributed by atoms with van der Waals surface area (Å²) in [4.78, 5) is 42.4. The highest BCUT2D eigenvalue weighted by Gasteiger charge is 2.27. The first-order valence-corrected chi connectivity index (χ1v) is 8.89. The number of para-hydroxylation sites is 1. The number of amides is 1. The van der Waals surface area contributed by atoms with Gasteiger partial charge in [0.05, 0.1) is 12.6 Å². The number of methoxy groups -OCH3 is 1. The molecule has 1 aromatic carbocycles. The van der Waals surface area contributed by atoms with Crippen molar-refractivity contribution in [2.24, 2.45) is 5.92 Å². The van der Waals surface area contributed by atoms with Crippen LogP contribution in [-0.2, 0) is 9.53 Å². The van der Waals surface area contributed by atoms with Crippen LogP contribution in [0.25, 0.3) is 10.9 Å². The van der Waals surface area contributed by atoms with Crippen LogP contribution in [0.1, 0.15) is 23.2 Å². The number of hydrogen-bond donors (Lipinski definition) is 1. The monoisotopic (exact) mass is 472 g/mol. The van der Waals surface area contributed by atoms with Gasteiger partial charge >= 0.3 is 5.97 Å². The van der Waals surface area contributed by atoms with Crippen LogP contribution in [0.4, 0.5) is 0 Å². The van der Waals surface area contributed by atoms with Gasteiger partial charge in [-0.15, -0.1) is 4.73 Å². The number of fused-ring (bicyclic) bond motifs is 1. The summed E-state index contributed by atoms with van der Waals surface area (Å²) >= 11 is 1.62. The fourth-order valence-corrected chi connectivity index (χ4v) is 2.93. The van der Waals surface area contributed by atoms with E-state index in [0.29, 0.717) is 23.4 Å². The van der Waals surface area contributed by atoms with Gasteiger partial charge in [-0.3, -0.25) is 14.4 Å². The van der Waals surface area contributed by atoms with E-state index in [0.717, 1.165) is 17.6 Å². The molecule has 0 aliphatic heterocycles. The summed E-state index contributed by atoms with van der Waals surface area (Å²) in [7, 11) is 1.21. The Balaban J connectivity index is 2.07. The van der Waals surface area contributed by atoms with Crippen molar-refractivity contribution in [3.8, 4) is 5.75 Å². The minimum atomic E-state index is -0.735. The molecule has 1 fully saturated rings. The fraction of sp³-hybridized carbons (Fsp3) is 0.353. The van der Waals surface area contributed by atoms with Crippen molar-refractivity contribution in [1.29, 1.82) is 0 Å². The lowest BCUT2D eigenvalue weighted by Gasteiger charge is -2.16. The quantitative estimate of drug-likeness (QED) is 0.485. The van der Waals surface area contributed by atoms with Gasteiger partial charge in [-0.2, -0.15) is 0 Å². The summed E-state index contributed by atoms with van der Waals surface area (Å²) in [6.07, 6.45) is 2.13. The Morgan fingerprint density at radius 3 is 2.69 bits per heavy atom. The Bertz CT molecular complexity index is 906. The maximum atomic E-state index is 12.9. The number of carbonyl (C=O) groups is 2. The second-order valence-electron chi connectivity index (χ2n) is 5.90. The zero-order chi connectivity index (χ0) is 18.7. The van der Waals surface area contributed by atoms with Crippen LogP contribution in [0.3, 0.4) is 0 Å². The van der Waals surface area contributed by atoms with Crippen molar-refractivity contribution in [3.63, 3.8) is 0 Å². The zero-order valence-electron chi connectivity index (χ0n) is 14.0. The van der Waals surface area contributed by atoms with Crippen LogP contribution in [0, 0.1) is 5.92 Å². The summed E-state index contributed by atoms with van der Waals surface area (Å²) in [6.45, 7) is 0.0444. The van der Waals surface area contributed by atoms with Crippen molar-refractivity contribution in [1.82, 2.24) is 10.0 Å². The van der Waals surface area contributed by atoms with Crippen molar-refractivity contribution >= 4 is 45.8 Å². The molecule has 0 radical (unpaired) electrons. The van der Waals surface area contributed by atoms with E-state index in [1.165, 1.54) is 7.11 Å². The van der Waals surface area contributed by atoms with Crippen molar-refractivity contribution in [3.05, 3.63) is 40.2 Å². The molecule has 1 saturated carbocycles. The molecule has 9 heteroatoms. The third-order valence-corrected chi connectivity index (χ3v) is 4.49. The first-order valence-electron chi connectivity index (χ1n) is 8.01. The number of rotatable bonds is 7. The average molecular weight is 472 g/mol. The molecule has 1 aliphatic rings. The highest BCUT2D eigenvalue weighted by Crippen LogP contribution is 2.30. The number of pyridine rings is 1. The number of aromatic nitrogens is 1. The number of esters is 1. The summed E-state index contributed by atoms with van der Waals surface area (Å²) in [6, 6.07) is 7.00. The number of nitrogens with one attached hydrogen (secondary N) is 1. The lowest BCUT2D eigenvalue weighted by atomic mass is 10.1. The summed E-state index contributed by atoms with van der Waals surface area (Å²) < 4.78 is 10.9. The molecule has 1 N–H and O–H groups in total. The number of nitrogens with zero attached hydrogens (tertiary/aromatic N) is 1. The Hall–Kier alpha value is -2.30. The van der Waals surface area contributed by atoms with Gasteiger partial charge in [-0.05, 0) is 30.9 Å². The smallest absolute Gasteiger partial charge is 0.325 e. The largest absolute Gasteiger partial charge is 0.468 e. The number of ether oxygens (including phenoxy) is 1. The van der Waals surface area contributed by atoms with E-state index in [9.17, 15) is 14.4 Å². The number of halogens is 1. The Kier molecular flexibility index (Phi) is 5.64. The molecule has 0 bridgehead atoms. The van der Waals surface area contributed by atoms with Crippen LogP contribution in [0.2, 0.25) is 0 Å². The van der Waals surface area contributed by atoms with Crippen LogP contribution in [-0.4, -0.2) is 36.9 Å². The molecule has 1 aliphatic carbocycles. The standard InChI is InChI=1S/C17H17IN2O6/c1-24-13(21)8-19-16(22)14-15(26-18)11-4-2-3-5-12(11)20(17(14)23)25-9-10-6-7-10/h2-5,10H,6-9H2,1H3,(H,19,22). The SMILES string of the molecule is COC(=O)CNC(=O)c1c(OI)c2ccccc2n(OCC2CC2)c1=O. The van der Waals surface area contributed by atoms with Gasteiger partial charge in [0.25, 0.3) is 11.5 Å². The third-order valence-electron chi connectivity index (χ3n) is 4.05. The summed E-state index contributed by atoms with van der Waals surface area (Å²) in [5.74, 6) is -0.805. The molecule has 0 spiro atoms. The minimum absolute atomic E-state index is 0.125.